The molecule has 2 rings (SSSR count). The Morgan fingerprint density at radius 1 is 1.40 bits per heavy atom. The van der Waals surface area contributed by atoms with Gasteiger partial charge in [0, 0.05) is 19.0 Å². The van der Waals surface area contributed by atoms with E-state index in [1.165, 1.54) is 0 Å². The summed E-state index contributed by atoms with van der Waals surface area (Å²) in [4.78, 5) is 23.4. The molecule has 8 nitrogen and oxygen atoms in total. The van der Waals surface area contributed by atoms with E-state index in [-0.39, 0.29) is 24.0 Å². The second-order valence-electron chi connectivity index (χ2n) is 4.98. The molecule has 0 aromatic carbocycles. The van der Waals surface area contributed by atoms with Crippen molar-refractivity contribution in [1.82, 2.24) is 20.3 Å². The molecular weight excluding hydrogens is 260 g/mol. The van der Waals surface area contributed by atoms with Crippen LogP contribution in [0.25, 0.3) is 0 Å². The highest BCUT2D eigenvalue weighted by atomic mass is 16.5. The molecule has 1 aliphatic carbocycles. The van der Waals surface area contributed by atoms with Crippen molar-refractivity contribution in [2.75, 3.05) is 17.6 Å². The summed E-state index contributed by atoms with van der Waals surface area (Å²) in [7, 11) is 0. The molecule has 0 radical (unpaired) electrons. The summed E-state index contributed by atoms with van der Waals surface area (Å²) >= 11 is 0. The maximum Gasteiger partial charge on any atom is 0.323 e. The minimum absolute atomic E-state index is 0.0284. The number of carbonyl (C=O) groups is 1. The number of aromatic nitrogens is 3. The number of anilines is 2. The fraction of sp³-hybridized carbons (Fsp3) is 0.667. The molecule has 1 heterocycles. The molecule has 1 amide bonds. The number of hydrogen-bond donors (Lipinski definition) is 3. The van der Waals surface area contributed by atoms with Crippen molar-refractivity contribution < 1.29 is 9.53 Å². The fourth-order valence-electron chi connectivity index (χ4n) is 1.53. The molecule has 0 aliphatic heterocycles. The van der Waals surface area contributed by atoms with Gasteiger partial charge in [0.1, 0.15) is 0 Å². The summed E-state index contributed by atoms with van der Waals surface area (Å²) < 4.78 is 5.36. The zero-order valence-electron chi connectivity index (χ0n) is 11.7. The number of ether oxygens (including phenoxy) is 1. The number of nitrogens with one attached hydrogen (secondary N) is 2. The van der Waals surface area contributed by atoms with Crippen molar-refractivity contribution in [2.45, 2.75) is 45.3 Å². The normalized spacial score (nSPS) is 14.2. The summed E-state index contributed by atoms with van der Waals surface area (Å²) in [6, 6.07) is 0.554. The van der Waals surface area contributed by atoms with Gasteiger partial charge in [-0.1, -0.05) is 0 Å². The third kappa shape index (κ3) is 4.87. The Morgan fingerprint density at radius 2 is 2.15 bits per heavy atom. The summed E-state index contributed by atoms with van der Waals surface area (Å²) in [5.41, 5.74) is 5.58. The first-order chi connectivity index (χ1) is 9.52. The van der Waals surface area contributed by atoms with Crippen molar-refractivity contribution in [3.63, 3.8) is 0 Å². The highest BCUT2D eigenvalue weighted by Crippen LogP contribution is 2.18. The second-order valence-corrected chi connectivity index (χ2v) is 4.98. The number of amides is 1. The lowest BCUT2D eigenvalue weighted by Crippen LogP contribution is -2.27. The van der Waals surface area contributed by atoms with E-state index in [0.717, 1.165) is 12.8 Å². The Balaban J connectivity index is 1.81. The average Bonchev–Trinajstić information content (AvgIpc) is 3.11. The molecule has 1 fully saturated rings. The number of nitrogens with two attached hydrogens (primary N) is 1. The lowest BCUT2D eigenvalue weighted by atomic mass is 10.4. The third-order valence-corrected chi connectivity index (χ3v) is 2.55. The molecule has 0 atom stereocenters. The van der Waals surface area contributed by atoms with Crippen LogP contribution in [0, 0.1) is 0 Å². The first-order valence-corrected chi connectivity index (χ1v) is 6.74. The van der Waals surface area contributed by atoms with Crippen molar-refractivity contribution in [1.29, 1.82) is 0 Å². The number of nitrogen functional groups attached to an aromatic ring is 1. The lowest BCUT2D eigenvalue weighted by Gasteiger charge is -2.10. The Bertz CT molecular complexity index is 475. The molecule has 0 saturated heterocycles. The third-order valence-electron chi connectivity index (χ3n) is 2.55. The Kier molecular flexibility index (Phi) is 4.54. The zero-order chi connectivity index (χ0) is 14.5. The molecule has 20 heavy (non-hydrogen) atoms. The minimum Gasteiger partial charge on any atom is -0.461 e. The highest BCUT2D eigenvalue weighted by molar-refractivity contribution is 5.77. The van der Waals surface area contributed by atoms with E-state index in [2.05, 4.69) is 25.6 Å². The van der Waals surface area contributed by atoms with Crippen molar-refractivity contribution in [3.05, 3.63) is 0 Å². The van der Waals surface area contributed by atoms with Crippen LogP contribution in [0.3, 0.4) is 0 Å². The number of carbonyl (C=O) groups excluding carboxylic acids is 1. The standard InChI is InChI=1S/C12H20N6O2/c1-7(2)20-12-17-10(13)16-11(18-12)14-6-5-9(19)15-8-3-4-8/h7-8H,3-6H2,1-2H3,(H,15,19)(H3,13,14,16,17,18). The van der Waals surface area contributed by atoms with Crippen LogP contribution in [-0.2, 0) is 4.79 Å². The van der Waals surface area contributed by atoms with E-state index in [1.807, 2.05) is 13.8 Å². The van der Waals surface area contributed by atoms with Crippen LogP contribution in [0.5, 0.6) is 6.01 Å². The topological polar surface area (TPSA) is 115 Å². The van der Waals surface area contributed by atoms with Gasteiger partial charge in [-0.2, -0.15) is 15.0 Å². The van der Waals surface area contributed by atoms with E-state index in [1.54, 1.807) is 0 Å². The van der Waals surface area contributed by atoms with Crippen molar-refractivity contribution in [3.8, 4) is 6.01 Å². The molecule has 1 aliphatic rings. The molecule has 4 N–H and O–H groups in total. The van der Waals surface area contributed by atoms with Crippen molar-refractivity contribution in [2.24, 2.45) is 0 Å². The average molecular weight is 280 g/mol. The van der Waals surface area contributed by atoms with Gasteiger partial charge in [-0.25, -0.2) is 0 Å². The first-order valence-electron chi connectivity index (χ1n) is 6.74. The van der Waals surface area contributed by atoms with Crippen LogP contribution in [0.2, 0.25) is 0 Å². The molecule has 0 bridgehead atoms. The largest absolute Gasteiger partial charge is 0.461 e. The SMILES string of the molecule is CC(C)Oc1nc(N)nc(NCCC(=O)NC2CC2)n1. The highest BCUT2D eigenvalue weighted by Gasteiger charge is 2.22. The maximum atomic E-state index is 11.5. The van der Waals surface area contributed by atoms with E-state index in [9.17, 15) is 4.79 Å². The van der Waals surface area contributed by atoms with Crippen LogP contribution < -0.4 is 21.1 Å². The van der Waals surface area contributed by atoms with Crippen LogP contribution in [0.15, 0.2) is 0 Å². The molecule has 1 aromatic heterocycles. The van der Waals surface area contributed by atoms with Gasteiger partial charge in [-0.3, -0.25) is 4.79 Å². The number of hydrogen-bond acceptors (Lipinski definition) is 7. The molecule has 8 heteroatoms. The maximum absolute atomic E-state index is 11.5. The predicted octanol–water partition coefficient (Wildman–Crippen LogP) is 0.322. The predicted molar refractivity (Wildman–Crippen MR) is 74.3 cm³/mol. The Morgan fingerprint density at radius 3 is 2.80 bits per heavy atom. The van der Waals surface area contributed by atoms with Crippen LogP contribution in [0.4, 0.5) is 11.9 Å². The quantitative estimate of drug-likeness (QED) is 0.658. The van der Waals surface area contributed by atoms with Gasteiger partial charge in [-0.05, 0) is 26.7 Å². The van der Waals surface area contributed by atoms with Gasteiger partial charge in [0.2, 0.25) is 17.8 Å². The Hall–Kier alpha value is -2.12. The summed E-state index contributed by atoms with van der Waals surface area (Å²) in [5, 5.41) is 5.85. The van der Waals surface area contributed by atoms with Gasteiger partial charge >= 0.3 is 6.01 Å². The van der Waals surface area contributed by atoms with E-state index < -0.39 is 0 Å². The van der Waals surface area contributed by atoms with Gasteiger partial charge in [0.05, 0.1) is 6.10 Å². The fourth-order valence-corrected chi connectivity index (χ4v) is 1.53. The summed E-state index contributed by atoms with van der Waals surface area (Å²) in [6.45, 7) is 4.17. The minimum atomic E-state index is -0.0473. The monoisotopic (exact) mass is 280 g/mol. The Labute approximate surface area is 117 Å². The van der Waals surface area contributed by atoms with Crippen molar-refractivity contribution >= 4 is 17.8 Å². The molecule has 0 unspecified atom stereocenters. The lowest BCUT2D eigenvalue weighted by molar-refractivity contribution is -0.120. The molecule has 110 valence electrons. The molecule has 0 spiro atoms. The zero-order valence-corrected chi connectivity index (χ0v) is 11.7. The van der Waals surface area contributed by atoms with Gasteiger partial charge < -0.3 is 21.1 Å². The summed E-state index contributed by atoms with van der Waals surface area (Å²) in [6.07, 6.45) is 2.48. The van der Waals surface area contributed by atoms with E-state index >= 15 is 0 Å². The van der Waals surface area contributed by atoms with Gasteiger partial charge in [0.15, 0.2) is 0 Å². The smallest absolute Gasteiger partial charge is 0.323 e. The van der Waals surface area contributed by atoms with Crippen LogP contribution >= 0.6 is 0 Å². The molecule has 1 aromatic rings. The number of nitrogens with zero attached hydrogens (tertiary/aromatic N) is 3. The van der Waals surface area contributed by atoms with Gasteiger partial charge in [-0.15, -0.1) is 0 Å². The van der Waals surface area contributed by atoms with Gasteiger partial charge in [0.25, 0.3) is 0 Å². The van der Waals surface area contributed by atoms with E-state index in [4.69, 9.17) is 10.5 Å². The van der Waals surface area contributed by atoms with Crippen LogP contribution in [0.1, 0.15) is 33.1 Å². The number of rotatable bonds is 7. The van der Waals surface area contributed by atoms with Crippen LogP contribution in [-0.4, -0.2) is 39.5 Å². The molecular formula is C12H20N6O2. The summed E-state index contributed by atoms with van der Waals surface area (Å²) in [5.74, 6) is 0.425. The molecule has 1 saturated carbocycles. The van der Waals surface area contributed by atoms with E-state index in [0.29, 0.717) is 25.0 Å². The second kappa shape index (κ2) is 6.36. The first kappa shape index (κ1) is 14.3.